The molecule has 0 N–H and O–H groups in total. The largest absolute Gasteiger partial charge is 0.0880 e. The smallest absolute Gasteiger partial charge is 0.0239 e. The fraction of sp³-hybridized carbons (Fsp3) is 0.818. The summed E-state index contributed by atoms with van der Waals surface area (Å²) in [5.74, 6) is 0. The van der Waals surface area contributed by atoms with E-state index in [0.717, 1.165) is 5.33 Å². The Hall–Kier alpha value is 0.220. The van der Waals surface area contributed by atoms with Crippen LogP contribution in [0.3, 0.4) is 0 Å². The third kappa shape index (κ3) is 2.93. The molecule has 0 amide bonds. The van der Waals surface area contributed by atoms with Crippen LogP contribution in [-0.2, 0) is 0 Å². The Labute approximate surface area is 84.6 Å². The van der Waals surface area contributed by atoms with Crippen LogP contribution in [0.15, 0.2) is 11.6 Å². The maximum absolute atomic E-state index is 3.50. The summed E-state index contributed by atoms with van der Waals surface area (Å²) in [5, 5.41) is 1.03. The van der Waals surface area contributed by atoms with Gasteiger partial charge in [-0.1, -0.05) is 53.8 Å². The monoisotopic (exact) mass is 230 g/mol. The topological polar surface area (TPSA) is 0 Å². The number of alkyl halides is 1. The Kier molecular flexibility index (Phi) is 3.82. The van der Waals surface area contributed by atoms with E-state index in [1.807, 2.05) is 0 Å². The molecule has 12 heavy (non-hydrogen) atoms. The van der Waals surface area contributed by atoms with Crippen molar-refractivity contribution >= 4 is 15.9 Å². The van der Waals surface area contributed by atoms with Crippen LogP contribution in [0.25, 0.3) is 0 Å². The molecule has 0 aromatic rings. The van der Waals surface area contributed by atoms with Crippen molar-refractivity contribution in [1.29, 1.82) is 0 Å². The first-order chi connectivity index (χ1) is 5.66. The third-order valence-corrected chi connectivity index (χ3v) is 3.69. The quantitative estimate of drug-likeness (QED) is 0.491. The highest BCUT2D eigenvalue weighted by Gasteiger charge is 2.23. The molecule has 1 aliphatic rings. The molecule has 0 spiro atoms. The van der Waals surface area contributed by atoms with Crippen molar-refractivity contribution in [3.05, 3.63) is 11.6 Å². The number of hydrogen-bond acceptors (Lipinski definition) is 0. The molecular weight excluding hydrogens is 212 g/mol. The first kappa shape index (κ1) is 10.3. The number of rotatable bonds is 2. The molecule has 0 nitrogen and oxygen atoms in total. The van der Waals surface area contributed by atoms with E-state index in [0.29, 0.717) is 5.41 Å². The van der Waals surface area contributed by atoms with Gasteiger partial charge in [0.2, 0.25) is 0 Å². The molecule has 0 atom stereocenters. The Morgan fingerprint density at radius 1 is 1.33 bits per heavy atom. The first-order valence-corrected chi connectivity index (χ1v) is 6.03. The van der Waals surface area contributed by atoms with Crippen molar-refractivity contribution in [2.24, 2.45) is 5.41 Å². The average Bonchev–Trinajstić information content (AvgIpc) is 2.05. The van der Waals surface area contributed by atoms with E-state index in [2.05, 4.69) is 35.9 Å². The third-order valence-electron chi connectivity index (χ3n) is 2.80. The molecule has 1 saturated carbocycles. The summed E-state index contributed by atoms with van der Waals surface area (Å²) < 4.78 is 0. The molecule has 70 valence electrons. The minimum atomic E-state index is 0.510. The minimum Gasteiger partial charge on any atom is -0.0880 e. The summed E-state index contributed by atoms with van der Waals surface area (Å²) in [6.45, 7) is 4.62. The van der Waals surface area contributed by atoms with Crippen molar-refractivity contribution < 1.29 is 0 Å². The second-order valence-corrected chi connectivity index (χ2v) is 4.90. The second kappa shape index (κ2) is 4.45. The van der Waals surface area contributed by atoms with Gasteiger partial charge in [-0.05, 0) is 25.2 Å². The predicted octanol–water partition coefficient (Wildman–Crippen LogP) is 4.30. The van der Waals surface area contributed by atoms with E-state index >= 15 is 0 Å². The van der Waals surface area contributed by atoms with Gasteiger partial charge in [0, 0.05) is 5.33 Å². The van der Waals surface area contributed by atoms with Crippen molar-refractivity contribution in [3.63, 3.8) is 0 Å². The van der Waals surface area contributed by atoms with Crippen molar-refractivity contribution in [2.75, 3.05) is 5.33 Å². The van der Waals surface area contributed by atoms with Gasteiger partial charge in [0.15, 0.2) is 0 Å². The van der Waals surface area contributed by atoms with Crippen molar-refractivity contribution in [3.8, 4) is 0 Å². The summed E-state index contributed by atoms with van der Waals surface area (Å²) >= 11 is 3.50. The Balaban J connectivity index is 2.57. The Morgan fingerprint density at radius 2 is 1.92 bits per heavy atom. The molecule has 1 heteroatoms. The van der Waals surface area contributed by atoms with Gasteiger partial charge >= 0.3 is 0 Å². The highest BCUT2D eigenvalue weighted by Crippen LogP contribution is 2.37. The molecule has 0 radical (unpaired) electrons. The summed E-state index contributed by atoms with van der Waals surface area (Å²) in [7, 11) is 0. The Morgan fingerprint density at radius 3 is 2.42 bits per heavy atom. The van der Waals surface area contributed by atoms with Crippen LogP contribution >= 0.6 is 15.9 Å². The van der Waals surface area contributed by atoms with E-state index < -0.39 is 0 Å². The van der Waals surface area contributed by atoms with E-state index in [4.69, 9.17) is 0 Å². The van der Waals surface area contributed by atoms with Gasteiger partial charge in [-0.2, -0.15) is 0 Å². The van der Waals surface area contributed by atoms with Crippen LogP contribution in [0, 0.1) is 5.41 Å². The zero-order valence-corrected chi connectivity index (χ0v) is 9.78. The second-order valence-electron chi connectivity index (χ2n) is 4.34. The predicted molar refractivity (Wildman–Crippen MR) is 58.7 cm³/mol. The molecule has 1 fully saturated rings. The normalized spacial score (nSPS) is 24.1. The highest BCUT2D eigenvalue weighted by molar-refractivity contribution is 9.09. The number of allylic oxidation sites excluding steroid dienone is 2. The zero-order chi connectivity index (χ0) is 9.03. The molecule has 0 unspecified atom stereocenters. The molecule has 1 aliphatic carbocycles. The number of hydrogen-bond donors (Lipinski definition) is 0. The molecule has 1 rings (SSSR count). The zero-order valence-electron chi connectivity index (χ0n) is 8.20. The van der Waals surface area contributed by atoms with Crippen molar-refractivity contribution in [1.82, 2.24) is 0 Å². The van der Waals surface area contributed by atoms with E-state index in [1.54, 1.807) is 0 Å². The van der Waals surface area contributed by atoms with Crippen LogP contribution in [0.5, 0.6) is 0 Å². The van der Waals surface area contributed by atoms with Crippen LogP contribution in [0.1, 0.15) is 46.0 Å². The van der Waals surface area contributed by atoms with Gasteiger partial charge in [0.05, 0.1) is 0 Å². The molecular formula is C11H19Br. The molecule has 0 aromatic carbocycles. The van der Waals surface area contributed by atoms with Gasteiger partial charge in [-0.15, -0.1) is 0 Å². The first-order valence-electron chi connectivity index (χ1n) is 4.91. The van der Waals surface area contributed by atoms with Gasteiger partial charge in [-0.25, -0.2) is 0 Å². The summed E-state index contributed by atoms with van der Waals surface area (Å²) in [6, 6.07) is 0. The molecule has 0 aliphatic heterocycles. The van der Waals surface area contributed by atoms with E-state index in [1.165, 1.54) is 37.7 Å². The molecule has 0 heterocycles. The van der Waals surface area contributed by atoms with Gasteiger partial charge < -0.3 is 0 Å². The maximum atomic E-state index is 3.50. The standard InChI is InChI=1S/C11H19Br/c1-10(9-12)8-11(2)6-4-3-5-7-11/h8H,3-7,9H2,1-2H3/b10-8+. The lowest BCUT2D eigenvalue weighted by Gasteiger charge is -2.31. The van der Waals surface area contributed by atoms with Crippen LogP contribution in [0.2, 0.25) is 0 Å². The fourth-order valence-electron chi connectivity index (χ4n) is 2.14. The lowest BCUT2D eigenvalue weighted by atomic mass is 9.75. The Bertz CT molecular complexity index is 164. The molecule has 0 bridgehead atoms. The minimum absolute atomic E-state index is 0.510. The highest BCUT2D eigenvalue weighted by atomic mass is 79.9. The van der Waals surface area contributed by atoms with E-state index in [9.17, 15) is 0 Å². The average molecular weight is 231 g/mol. The fourth-order valence-corrected chi connectivity index (χ4v) is 2.30. The van der Waals surface area contributed by atoms with Gasteiger partial charge in [-0.3, -0.25) is 0 Å². The molecule has 0 saturated heterocycles. The van der Waals surface area contributed by atoms with Gasteiger partial charge in [0.25, 0.3) is 0 Å². The van der Waals surface area contributed by atoms with Crippen LogP contribution in [-0.4, -0.2) is 5.33 Å². The van der Waals surface area contributed by atoms with Crippen LogP contribution in [0.4, 0.5) is 0 Å². The van der Waals surface area contributed by atoms with Crippen LogP contribution < -0.4 is 0 Å². The summed E-state index contributed by atoms with van der Waals surface area (Å²) in [4.78, 5) is 0. The van der Waals surface area contributed by atoms with Gasteiger partial charge in [0.1, 0.15) is 0 Å². The number of halogens is 1. The SMILES string of the molecule is C/C(=C\C1(C)CCCCC1)CBr. The summed E-state index contributed by atoms with van der Waals surface area (Å²) in [5.41, 5.74) is 2.00. The van der Waals surface area contributed by atoms with Crippen molar-refractivity contribution in [2.45, 2.75) is 46.0 Å². The maximum Gasteiger partial charge on any atom is 0.0239 e. The lowest BCUT2D eigenvalue weighted by Crippen LogP contribution is -2.17. The van der Waals surface area contributed by atoms with E-state index in [-0.39, 0.29) is 0 Å². The summed E-state index contributed by atoms with van der Waals surface area (Å²) in [6.07, 6.45) is 9.53. The molecule has 0 aromatic heterocycles. The lowest BCUT2D eigenvalue weighted by molar-refractivity contribution is 0.284.